The first-order chi connectivity index (χ1) is 13.1. The van der Waals surface area contributed by atoms with E-state index < -0.39 is 56.9 Å². The van der Waals surface area contributed by atoms with E-state index in [-0.39, 0.29) is 30.7 Å². The molecule has 1 saturated heterocycles. The third-order valence-electron chi connectivity index (χ3n) is 5.24. The number of hydroxylamine groups is 2. The Bertz CT molecular complexity index is 860. The molecule has 28 heavy (non-hydrogen) atoms. The largest absolute Gasteiger partial charge is 0.342 e. The fourth-order valence-electron chi connectivity index (χ4n) is 3.82. The molecule has 2 aliphatic heterocycles. The summed E-state index contributed by atoms with van der Waals surface area (Å²) in [6, 6.07) is 0. The first-order valence-corrected chi connectivity index (χ1v) is 10.1. The van der Waals surface area contributed by atoms with Gasteiger partial charge in [0.1, 0.15) is 10.7 Å². The van der Waals surface area contributed by atoms with E-state index in [0.717, 1.165) is 12.2 Å². The summed E-state index contributed by atoms with van der Waals surface area (Å²) in [6.45, 7) is -0.656. The average molecular weight is 414 g/mol. The van der Waals surface area contributed by atoms with Crippen molar-refractivity contribution in [3.63, 3.8) is 0 Å². The SMILES string of the molecule is O=C1C=CC(=O)N1CC1(C(=O)ON2C(=O)CCC2=O)CCCCC1S(=O)(=O)O. The van der Waals surface area contributed by atoms with Crippen molar-refractivity contribution in [2.24, 2.45) is 5.41 Å². The Morgan fingerprint density at radius 1 is 1.11 bits per heavy atom. The molecule has 0 aromatic carbocycles. The number of rotatable bonds is 5. The van der Waals surface area contributed by atoms with Crippen molar-refractivity contribution in [1.29, 1.82) is 0 Å². The zero-order valence-corrected chi connectivity index (χ0v) is 15.5. The van der Waals surface area contributed by atoms with Crippen molar-refractivity contribution in [1.82, 2.24) is 9.96 Å². The van der Waals surface area contributed by atoms with E-state index in [4.69, 9.17) is 4.84 Å². The first-order valence-electron chi connectivity index (χ1n) is 8.64. The Balaban J connectivity index is 1.99. The van der Waals surface area contributed by atoms with Crippen molar-refractivity contribution in [3.8, 4) is 0 Å². The number of nitrogens with zero attached hydrogens (tertiary/aromatic N) is 2. The summed E-state index contributed by atoms with van der Waals surface area (Å²) in [5, 5.41) is -1.39. The van der Waals surface area contributed by atoms with Gasteiger partial charge < -0.3 is 4.84 Å². The second-order valence-corrected chi connectivity index (χ2v) is 8.56. The van der Waals surface area contributed by atoms with Gasteiger partial charge in [0, 0.05) is 31.5 Å². The predicted molar refractivity (Wildman–Crippen MR) is 89.3 cm³/mol. The third kappa shape index (κ3) is 3.44. The number of amides is 4. The fraction of sp³-hybridized carbons (Fsp3) is 0.562. The van der Waals surface area contributed by atoms with E-state index in [9.17, 15) is 36.9 Å². The van der Waals surface area contributed by atoms with Crippen LogP contribution in [0, 0.1) is 5.41 Å². The highest BCUT2D eigenvalue weighted by Gasteiger charge is 2.57. The molecule has 0 aromatic rings. The number of imide groups is 2. The zero-order chi connectivity index (χ0) is 20.7. The molecule has 0 aromatic heterocycles. The minimum atomic E-state index is -4.77. The molecule has 11 nitrogen and oxygen atoms in total. The number of carbonyl (C=O) groups is 5. The molecule has 1 saturated carbocycles. The molecular weight excluding hydrogens is 396 g/mol. The molecule has 2 atom stereocenters. The van der Waals surface area contributed by atoms with Gasteiger partial charge in [-0.1, -0.05) is 12.8 Å². The van der Waals surface area contributed by atoms with Gasteiger partial charge in [-0.3, -0.25) is 28.6 Å². The van der Waals surface area contributed by atoms with Gasteiger partial charge in [-0.2, -0.15) is 8.42 Å². The summed E-state index contributed by atoms with van der Waals surface area (Å²) in [5.41, 5.74) is -2.01. The van der Waals surface area contributed by atoms with Crippen molar-refractivity contribution in [2.75, 3.05) is 6.54 Å². The van der Waals surface area contributed by atoms with Crippen LogP contribution in [-0.4, -0.2) is 64.3 Å². The molecule has 152 valence electrons. The van der Waals surface area contributed by atoms with Gasteiger partial charge >= 0.3 is 5.97 Å². The van der Waals surface area contributed by atoms with Gasteiger partial charge in [0.05, 0.1) is 0 Å². The van der Waals surface area contributed by atoms with Gasteiger partial charge in [0.15, 0.2) is 0 Å². The maximum Gasteiger partial charge on any atom is 0.342 e. The summed E-state index contributed by atoms with van der Waals surface area (Å²) in [7, 11) is -4.77. The van der Waals surface area contributed by atoms with Crippen molar-refractivity contribution < 1.29 is 41.8 Å². The number of carbonyl (C=O) groups excluding carboxylic acids is 5. The van der Waals surface area contributed by atoms with Crippen molar-refractivity contribution in [2.45, 2.75) is 43.8 Å². The van der Waals surface area contributed by atoms with Crippen molar-refractivity contribution in [3.05, 3.63) is 12.2 Å². The molecule has 2 heterocycles. The molecule has 1 N–H and O–H groups in total. The highest BCUT2D eigenvalue weighted by molar-refractivity contribution is 7.86. The van der Waals surface area contributed by atoms with E-state index in [0.29, 0.717) is 17.7 Å². The quantitative estimate of drug-likeness (QED) is 0.455. The van der Waals surface area contributed by atoms with E-state index in [1.54, 1.807) is 0 Å². The molecule has 3 aliphatic rings. The van der Waals surface area contributed by atoms with Gasteiger partial charge in [-0.15, -0.1) is 5.06 Å². The summed E-state index contributed by atoms with van der Waals surface area (Å²) >= 11 is 0. The Morgan fingerprint density at radius 2 is 1.68 bits per heavy atom. The molecule has 12 heteroatoms. The standard InChI is InChI=1S/C16H18N2O9S/c19-11-4-5-12(20)17(11)9-16(8-2-1-3-10(16)28(24,25)26)15(23)27-18-13(21)6-7-14(18)22/h4-5,10H,1-3,6-9H2,(H,24,25,26). The topological polar surface area (TPSA) is 155 Å². The Labute approximate surface area is 160 Å². The lowest BCUT2D eigenvalue weighted by atomic mass is 9.73. The molecule has 0 spiro atoms. The lowest BCUT2D eigenvalue weighted by molar-refractivity contribution is -0.207. The van der Waals surface area contributed by atoms with Crippen LogP contribution in [0.25, 0.3) is 0 Å². The highest BCUT2D eigenvalue weighted by Crippen LogP contribution is 2.43. The minimum Gasteiger partial charge on any atom is -0.330 e. The van der Waals surface area contributed by atoms with Crippen LogP contribution in [0.15, 0.2) is 12.2 Å². The lowest BCUT2D eigenvalue weighted by Crippen LogP contribution is -2.57. The predicted octanol–water partition coefficient (Wildman–Crippen LogP) is -0.665. The second-order valence-electron chi connectivity index (χ2n) is 6.96. The molecule has 0 radical (unpaired) electrons. The maximum atomic E-state index is 13.0. The average Bonchev–Trinajstić information content (AvgIpc) is 3.11. The van der Waals surface area contributed by atoms with Crippen LogP contribution in [0.3, 0.4) is 0 Å². The summed E-state index contributed by atoms with van der Waals surface area (Å²) < 4.78 is 33.7. The van der Waals surface area contributed by atoms with Crippen LogP contribution in [-0.2, 0) is 38.9 Å². The van der Waals surface area contributed by atoms with Crippen LogP contribution >= 0.6 is 0 Å². The van der Waals surface area contributed by atoms with E-state index in [1.807, 2.05) is 0 Å². The Morgan fingerprint density at radius 3 is 2.21 bits per heavy atom. The van der Waals surface area contributed by atoms with Gasteiger partial charge in [0.2, 0.25) is 0 Å². The van der Waals surface area contributed by atoms with Gasteiger partial charge in [-0.25, -0.2) is 4.79 Å². The van der Waals surface area contributed by atoms with Crippen LogP contribution < -0.4 is 0 Å². The van der Waals surface area contributed by atoms with Crippen LogP contribution in [0.2, 0.25) is 0 Å². The molecule has 0 bridgehead atoms. The monoisotopic (exact) mass is 414 g/mol. The van der Waals surface area contributed by atoms with Crippen LogP contribution in [0.4, 0.5) is 0 Å². The zero-order valence-electron chi connectivity index (χ0n) is 14.7. The molecule has 1 aliphatic carbocycles. The minimum absolute atomic E-state index is 0.112. The molecule has 4 amide bonds. The maximum absolute atomic E-state index is 13.0. The molecular formula is C16H18N2O9S. The summed E-state index contributed by atoms with van der Waals surface area (Å²) in [4.78, 5) is 66.1. The third-order valence-corrected chi connectivity index (χ3v) is 6.65. The lowest BCUT2D eigenvalue weighted by Gasteiger charge is -2.41. The molecule has 2 fully saturated rings. The molecule has 3 rings (SSSR count). The smallest absolute Gasteiger partial charge is 0.330 e. The molecule has 2 unspecified atom stereocenters. The van der Waals surface area contributed by atoms with E-state index >= 15 is 0 Å². The van der Waals surface area contributed by atoms with E-state index in [1.165, 1.54) is 0 Å². The van der Waals surface area contributed by atoms with Crippen molar-refractivity contribution >= 4 is 39.7 Å². The van der Waals surface area contributed by atoms with Gasteiger partial charge in [-0.05, 0) is 12.8 Å². The van der Waals surface area contributed by atoms with Crippen LogP contribution in [0.5, 0.6) is 0 Å². The number of hydrogen-bond acceptors (Lipinski definition) is 8. The Hall–Kier alpha value is -2.60. The highest BCUT2D eigenvalue weighted by atomic mass is 32.2. The fourth-order valence-corrected chi connectivity index (χ4v) is 5.14. The van der Waals surface area contributed by atoms with Gasteiger partial charge in [0.25, 0.3) is 33.7 Å². The van der Waals surface area contributed by atoms with Crippen LogP contribution in [0.1, 0.15) is 38.5 Å². The first kappa shape index (κ1) is 20.1. The Kier molecular flexibility index (Phi) is 5.10. The normalized spacial score (nSPS) is 28.4. The second kappa shape index (κ2) is 7.09. The number of hydrogen-bond donors (Lipinski definition) is 1. The summed E-state index contributed by atoms with van der Waals surface area (Å²) in [6.07, 6.45) is 2.12. The van der Waals surface area contributed by atoms with E-state index in [2.05, 4.69) is 0 Å². The summed E-state index contributed by atoms with van der Waals surface area (Å²) in [5.74, 6) is -4.27.